The summed E-state index contributed by atoms with van der Waals surface area (Å²) in [7, 11) is 6.29. The van der Waals surface area contributed by atoms with Gasteiger partial charge in [-0.05, 0) is 29.8 Å². The Morgan fingerprint density at radius 1 is 0.808 bits per heavy atom. The maximum absolute atomic E-state index is 12.1. The van der Waals surface area contributed by atoms with Crippen LogP contribution in [0.4, 0.5) is 5.69 Å². The Morgan fingerprint density at radius 3 is 2.00 bits per heavy atom. The minimum atomic E-state index is -0.155. The Bertz CT molecular complexity index is 749. The Kier molecular flexibility index (Phi) is 7.11. The molecule has 7 nitrogen and oxygen atoms in total. The van der Waals surface area contributed by atoms with Gasteiger partial charge in [0.25, 0.3) is 0 Å². The van der Waals surface area contributed by atoms with Crippen molar-refractivity contribution in [3.8, 4) is 23.0 Å². The van der Waals surface area contributed by atoms with Crippen molar-refractivity contribution >= 4 is 11.6 Å². The topological polar surface area (TPSA) is 78.1 Å². The van der Waals surface area contributed by atoms with E-state index in [-0.39, 0.29) is 12.5 Å². The maximum atomic E-state index is 12.1. The summed E-state index contributed by atoms with van der Waals surface area (Å²) in [6.07, 6.45) is 0. The number of nitrogens with one attached hydrogen (secondary N) is 2. The SMILES string of the molecule is COc1ccc(CNCC(=O)Nc2ccc(OC)c(OC)c2)cc1OC. The second-order valence-electron chi connectivity index (χ2n) is 5.41. The van der Waals surface area contributed by atoms with E-state index in [4.69, 9.17) is 18.9 Å². The molecule has 0 bridgehead atoms. The van der Waals surface area contributed by atoms with Gasteiger partial charge in [-0.25, -0.2) is 0 Å². The summed E-state index contributed by atoms with van der Waals surface area (Å²) < 4.78 is 20.9. The Balaban J connectivity index is 1.87. The molecule has 0 saturated heterocycles. The molecular formula is C19H24N2O5. The lowest BCUT2D eigenvalue weighted by atomic mass is 10.2. The minimum absolute atomic E-state index is 0.155. The first-order chi connectivity index (χ1) is 12.6. The van der Waals surface area contributed by atoms with Crippen molar-refractivity contribution in [2.24, 2.45) is 0 Å². The Hall–Kier alpha value is -2.93. The molecule has 2 aromatic carbocycles. The lowest BCUT2D eigenvalue weighted by Gasteiger charge is -2.12. The van der Waals surface area contributed by atoms with Gasteiger partial charge in [-0.15, -0.1) is 0 Å². The van der Waals surface area contributed by atoms with Crippen molar-refractivity contribution in [2.45, 2.75) is 6.54 Å². The highest BCUT2D eigenvalue weighted by Gasteiger charge is 2.08. The van der Waals surface area contributed by atoms with Gasteiger partial charge in [0, 0.05) is 18.3 Å². The third kappa shape index (κ3) is 5.03. The van der Waals surface area contributed by atoms with Crippen molar-refractivity contribution < 1.29 is 23.7 Å². The average molecular weight is 360 g/mol. The molecule has 2 N–H and O–H groups in total. The number of benzene rings is 2. The van der Waals surface area contributed by atoms with Crippen molar-refractivity contribution in [2.75, 3.05) is 40.3 Å². The van der Waals surface area contributed by atoms with Crippen LogP contribution in [0.3, 0.4) is 0 Å². The molecule has 2 aromatic rings. The van der Waals surface area contributed by atoms with Gasteiger partial charge in [0.15, 0.2) is 23.0 Å². The summed E-state index contributed by atoms with van der Waals surface area (Å²) in [6.45, 7) is 0.697. The predicted molar refractivity (Wildman–Crippen MR) is 99.4 cm³/mol. The van der Waals surface area contributed by atoms with Gasteiger partial charge in [0.05, 0.1) is 35.0 Å². The number of anilines is 1. The van der Waals surface area contributed by atoms with Crippen LogP contribution in [0.25, 0.3) is 0 Å². The van der Waals surface area contributed by atoms with Gasteiger partial charge in [0.2, 0.25) is 5.91 Å². The Morgan fingerprint density at radius 2 is 1.38 bits per heavy atom. The molecule has 0 aliphatic rings. The van der Waals surface area contributed by atoms with E-state index >= 15 is 0 Å². The van der Waals surface area contributed by atoms with E-state index in [0.29, 0.717) is 35.2 Å². The van der Waals surface area contributed by atoms with Gasteiger partial charge >= 0.3 is 0 Å². The molecule has 0 heterocycles. The number of carbonyl (C=O) groups excluding carboxylic acids is 1. The number of carbonyl (C=O) groups is 1. The second kappa shape index (κ2) is 9.53. The van der Waals surface area contributed by atoms with Gasteiger partial charge in [-0.2, -0.15) is 0 Å². The summed E-state index contributed by atoms with van der Waals surface area (Å²) in [5.41, 5.74) is 1.63. The first-order valence-corrected chi connectivity index (χ1v) is 8.04. The number of hydrogen-bond acceptors (Lipinski definition) is 6. The third-order valence-electron chi connectivity index (χ3n) is 3.73. The number of methoxy groups -OCH3 is 4. The number of ether oxygens (including phenoxy) is 4. The highest BCUT2D eigenvalue weighted by atomic mass is 16.5. The van der Waals surface area contributed by atoms with Crippen LogP contribution < -0.4 is 29.6 Å². The molecular weight excluding hydrogens is 336 g/mol. The zero-order valence-corrected chi connectivity index (χ0v) is 15.4. The average Bonchev–Trinajstić information content (AvgIpc) is 2.67. The van der Waals surface area contributed by atoms with E-state index < -0.39 is 0 Å². The van der Waals surface area contributed by atoms with Gasteiger partial charge in [-0.3, -0.25) is 4.79 Å². The monoisotopic (exact) mass is 360 g/mol. The molecule has 0 aliphatic carbocycles. The summed E-state index contributed by atoms with van der Waals surface area (Å²) >= 11 is 0. The smallest absolute Gasteiger partial charge is 0.238 e. The van der Waals surface area contributed by atoms with Gasteiger partial charge in [-0.1, -0.05) is 6.07 Å². The molecule has 140 valence electrons. The molecule has 1 amide bonds. The summed E-state index contributed by atoms with van der Waals surface area (Å²) in [6, 6.07) is 10.8. The fourth-order valence-electron chi connectivity index (χ4n) is 2.43. The molecule has 0 fully saturated rings. The van der Waals surface area contributed by atoms with Crippen LogP contribution in [0.1, 0.15) is 5.56 Å². The number of amides is 1. The van der Waals surface area contributed by atoms with Crippen molar-refractivity contribution in [1.82, 2.24) is 5.32 Å². The molecule has 0 saturated carbocycles. The first-order valence-electron chi connectivity index (χ1n) is 8.04. The van der Waals surface area contributed by atoms with Crippen LogP contribution in [-0.4, -0.2) is 40.9 Å². The molecule has 0 unspecified atom stereocenters. The van der Waals surface area contributed by atoms with Crippen LogP contribution in [0.5, 0.6) is 23.0 Å². The van der Waals surface area contributed by atoms with E-state index in [1.165, 1.54) is 0 Å². The molecule has 0 aromatic heterocycles. The zero-order valence-electron chi connectivity index (χ0n) is 15.4. The van der Waals surface area contributed by atoms with Gasteiger partial charge in [0.1, 0.15) is 0 Å². The molecule has 0 atom stereocenters. The van der Waals surface area contributed by atoms with Crippen molar-refractivity contribution in [3.63, 3.8) is 0 Å². The molecule has 7 heteroatoms. The van der Waals surface area contributed by atoms with E-state index in [0.717, 1.165) is 5.56 Å². The van der Waals surface area contributed by atoms with E-state index in [1.807, 2.05) is 18.2 Å². The molecule has 0 spiro atoms. The largest absolute Gasteiger partial charge is 0.493 e. The minimum Gasteiger partial charge on any atom is -0.493 e. The van der Waals surface area contributed by atoms with Gasteiger partial charge < -0.3 is 29.6 Å². The predicted octanol–water partition coefficient (Wildman–Crippen LogP) is 2.45. The molecule has 0 radical (unpaired) electrons. The van der Waals surface area contributed by atoms with Crippen LogP contribution in [0, 0.1) is 0 Å². The van der Waals surface area contributed by atoms with Crippen molar-refractivity contribution in [3.05, 3.63) is 42.0 Å². The summed E-state index contributed by atoms with van der Waals surface area (Å²) in [4.78, 5) is 12.1. The first kappa shape index (κ1) is 19.4. The fourth-order valence-corrected chi connectivity index (χ4v) is 2.43. The highest BCUT2D eigenvalue weighted by Crippen LogP contribution is 2.29. The Labute approximate surface area is 153 Å². The third-order valence-corrected chi connectivity index (χ3v) is 3.73. The lowest BCUT2D eigenvalue weighted by molar-refractivity contribution is -0.115. The van der Waals surface area contributed by atoms with Crippen LogP contribution in [0.15, 0.2) is 36.4 Å². The summed E-state index contributed by atoms with van der Waals surface area (Å²) in [5, 5.41) is 5.91. The van der Waals surface area contributed by atoms with E-state index in [9.17, 15) is 4.79 Å². The summed E-state index contributed by atoms with van der Waals surface area (Å²) in [5.74, 6) is 2.34. The molecule has 26 heavy (non-hydrogen) atoms. The van der Waals surface area contributed by atoms with Crippen LogP contribution in [-0.2, 0) is 11.3 Å². The number of rotatable bonds is 9. The maximum Gasteiger partial charge on any atom is 0.238 e. The highest BCUT2D eigenvalue weighted by molar-refractivity contribution is 5.92. The quantitative estimate of drug-likeness (QED) is 0.715. The standard InChI is InChI=1S/C19H24N2O5/c1-23-15-7-5-13(9-17(15)25-3)11-20-12-19(22)21-14-6-8-16(24-2)18(10-14)26-4/h5-10,20H,11-12H2,1-4H3,(H,21,22). The second-order valence-corrected chi connectivity index (χ2v) is 5.41. The number of hydrogen-bond donors (Lipinski definition) is 2. The van der Waals surface area contributed by atoms with Crippen LogP contribution >= 0.6 is 0 Å². The fraction of sp³-hybridized carbons (Fsp3) is 0.316. The molecule has 0 aliphatic heterocycles. The van der Waals surface area contributed by atoms with Crippen LogP contribution in [0.2, 0.25) is 0 Å². The van der Waals surface area contributed by atoms with Crippen molar-refractivity contribution in [1.29, 1.82) is 0 Å². The molecule has 2 rings (SSSR count). The van der Waals surface area contributed by atoms with E-state index in [1.54, 1.807) is 46.6 Å². The lowest BCUT2D eigenvalue weighted by Crippen LogP contribution is -2.27. The zero-order chi connectivity index (χ0) is 18.9. The van der Waals surface area contributed by atoms with E-state index in [2.05, 4.69) is 10.6 Å². The normalized spacial score (nSPS) is 10.2.